The number of aryl methyl sites for hydroxylation is 1. The largest absolute Gasteiger partial charge is 0.474 e. The Morgan fingerprint density at radius 2 is 2.06 bits per heavy atom. The van der Waals surface area contributed by atoms with Crippen LogP contribution < -0.4 is 0 Å². The molecule has 0 atom stereocenters. The van der Waals surface area contributed by atoms with Crippen molar-refractivity contribution >= 4 is 27.8 Å². The number of aliphatic carboxylic acids is 1. The van der Waals surface area contributed by atoms with E-state index in [4.69, 9.17) is 5.11 Å². The highest BCUT2D eigenvalue weighted by Gasteiger charge is 2.16. The first-order chi connectivity index (χ1) is 7.91. The van der Waals surface area contributed by atoms with E-state index in [1.54, 1.807) is 0 Å². The Hall–Kier alpha value is -1.36. The van der Waals surface area contributed by atoms with Gasteiger partial charge in [-0.1, -0.05) is 22.0 Å². The van der Waals surface area contributed by atoms with Gasteiger partial charge < -0.3 is 10.0 Å². The summed E-state index contributed by atoms with van der Waals surface area (Å²) < 4.78 is 0.977. The molecule has 1 amide bonds. The van der Waals surface area contributed by atoms with Crippen molar-refractivity contribution in [3.8, 4) is 0 Å². The smallest absolute Gasteiger partial charge is 0.394 e. The van der Waals surface area contributed by atoms with Crippen molar-refractivity contribution in [2.75, 3.05) is 13.6 Å². The summed E-state index contributed by atoms with van der Waals surface area (Å²) >= 11 is 3.38. The minimum absolute atomic E-state index is 0.391. The Morgan fingerprint density at radius 1 is 1.41 bits per heavy atom. The maximum Gasteiger partial charge on any atom is 0.394 e. The SMILES string of the molecule is Cc1ccc(Br)cc1CCN(C)C(=O)C(=O)O. The van der Waals surface area contributed by atoms with Crippen LogP contribution in [-0.4, -0.2) is 35.5 Å². The summed E-state index contributed by atoms with van der Waals surface area (Å²) in [5.74, 6) is -2.30. The highest BCUT2D eigenvalue weighted by atomic mass is 79.9. The van der Waals surface area contributed by atoms with Gasteiger partial charge in [-0.05, 0) is 36.6 Å². The molecular weight excluding hydrogens is 286 g/mol. The Bertz CT molecular complexity index is 445. The topological polar surface area (TPSA) is 57.6 Å². The Kier molecular flexibility index (Phi) is 4.69. The zero-order valence-corrected chi connectivity index (χ0v) is 11.3. The van der Waals surface area contributed by atoms with Crippen LogP contribution in [0.3, 0.4) is 0 Å². The number of benzene rings is 1. The van der Waals surface area contributed by atoms with E-state index < -0.39 is 11.9 Å². The van der Waals surface area contributed by atoms with Crippen molar-refractivity contribution in [3.63, 3.8) is 0 Å². The lowest BCUT2D eigenvalue weighted by Crippen LogP contribution is -2.34. The summed E-state index contributed by atoms with van der Waals surface area (Å²) in [6.07, 6.45) is 0.640. The van der Waals surface area contributed by atoms with Gasteiger partial charge in [0.05, 0.1) is 0 Å². The van der Waals surface area contributed by atoms with Crippen LogP contribution in [0.4, 0.5) is 0 Å². The standard InChI is InChI=1S/C12H14BrNO3/c1-8-3-4-10(13)7-9(8)5-6-14(2)11(15)12(16)17/h3-4,7H,5-6H2,1-2H3,(H,16,17). The van der Waals surface area contributed by atoms with Gasteiger partial charge in [0.25, 0.3) is 0 Å². The van der Waals surface area contributed by atoms with Crippen molar-refractivity contribution in [3.05, 3.63) is 33.8 Å². The number of carboxylic acids is 1. The third-order valence-corrected chi connectivity index (χ3v) is 3.05. The molecule has 0 aromatic heterocycles. The molecule has 0 spiro atoms. The fourth-order valence-electron chi connectivity index (χ4n) is 1.46. The number of likely N-dealkylation sites (N-methyl/N-ethyl adjacent to an activating group) is 1. The van der Waals surface area contributed by atoms with E-state index in [-0.39, 0.29) is 0 Å². The van der Waals surface area contributed by atoms with Gasteiger partial charge in [-0.25, -0.2) is 4.79 Å². The highest BCUT2D eigenvalue weighted by Crippen LogP contribution is 2.16. The van der Waals surface area contributed by atoms with Crippen molar-refractivity contribution in [1.29, 1.82) is 0 Å². The summed E-state index contributed by atoms with van der Waals surface area (Å²) in [4.78, 5) is 22.8. The molecule has 0 saturated carbocycles. The number of hydrogen-bond donors (Lipinski definition) is 1. The summed E-state index contributed by atoms with van der Waals surface area (Å²) in [7, 11) is 1.49. The Morgan fingerprint density at radius 3 is 2.65 bits per heavy atom. The number of carbonyl (C=O) groups excluding carboxylic acids is 1. The van der Waals surface area contributed by atoms with Crippen LogP contribution in [0.2, 0.25) is 0 Å². The number of amides is 1. The maximum atomic E-state index is 11.1. The fraction of sp³-hybridized carbons (Fsp3) is 0.333. The second kappa shape index (κ2) is 5.82. The molecule has 0 aliphatic rings. The first-order valence-electron chi connectivity index (χ1n) is 5.15. The number of nitrogens with zero attached hydrogens (tertiary/aromatic N) is 1. The molecule has 1 aromatic carbocycles. The van der Waals surface area contributed by atoms with Crippen LogP contribution in [0, 0.1) is 6.92 Å². The lowest BCUT2D eigenvalue weighted by Gasteiger charge is -2.15. The highest BCUT2D eigenvalue weighted by molar-refractivity contribution is 9.10. The molecule has 92 valence electrons. The molecule has 1 aromatic rings. The lowest BCUT2D eigenvalue weighted by molar-refractivity contribution is -0.155. The first-order valence-corrected chi connectivity index (χ1v) is 5.94. The molecule has 0 unspecified atom stereocenters. The van der Waals surface area contributed by atoms with Gasteiger partial charge in [0.1, 0.15) is 0 Å². The van der Waals surface area contributed by atoms with E-state index >= 15 is 0 Å². The third-order valence-electron chi connectivity index (χ3n) is 2.56. The van der Waals surface area contributed by atoms with E-state index in [2.05, 4.69) is 15.9 Å². The van der Waals surface area contributed by atoms with Crippen LogP contribution >= 0.6 is 15.9 Å². The molecular formula is C12H14BrNO3. The predicted octanol–water partition coefficient (Wildman–Crippen LogP) is 1.84. The fourth-order valence-corrected chi connectivity index (χ4v) is 1.87. The predicted molar refractivity (Wildman–Crippen MR) is 67.9 cm³/mol. The van der Waals surface area contributed by atoms with Crippen LogP contribution in [0.1, 0.15) is 11.1 Å². The van der Waals surface area contributed by atoms with Crippen molar-refractivity contribution in [2.45, 2.75) is 13.3 Å². The van der Waals surface area contributed by atoms with Crippen LogP contribution in [-0.2, 0) is 16.0 Å². The molecule has 0 heterocycles. The minimum atomic E-state index is -1.42. The lowest BCUT2D eigenvalue weighted by atomic mass is 10.1. The molecule has 0 fully saturated rings. The second-order valence-corrected chi connectivity index (χ2v) is 4.77. The first kappa shape index (κ1) is 13.7. The number of rotatable bonds is 3. The van der Waals surface area contributed by atoms with Crippen molar-refractivity contribution in [2.24, 2.45) is 0 Å². The van der Waals surface area contributed by atoms with E-state index in [0.717, 1.165) is 15.6 Å². The molecule has 4 nitrogen and oxygen atoms in total. The third kappa shape index (κ3) is 3.85. The summed E-state index contributed by atoms with van der Waals surface area (Å²) in [6, 6.07) is 5.91. The minimum Gasteiger partial charge on any atom is -0.474 e. The summed E-state index contributed by atoms with van der Waals surface area (Å²) in [6.45, 7) is 2.38. The number of halogens is 1. The average molecular weight is 300 g/mol. The molecule has 0 aliphatic heterocycles. The van der Waals surface area contributed by atoms with Crippen LogP contribution in [0.15, 0.2) is 22.7 Å². The van der Waals surface area contributed by atoms with Gasteiger partial charge in [0.15, 0.2) is 0 Å². The summed E-state index contributed by atoms with van der Waals surface area (Å²) in [5, 5.41) is 8.55. The van der Waals surface area contributed by atoms with Gasteiger partial charge in [-0.15, -0.1) is 0 Å². The second-order valence-electron chi connectivity index (χ2n) is 3.85. The van der Waals surface area contributed by atoms with Gasteiger partial charge in [-0.3, -0.25) is 4.79 Å². The normalized spacial score (nSPS) is 10.1. The average Bonchev–Trinajstić information content (AvgIpc) is 2.28. The summed E-state index contributed by atoms with van der Waals surface area (Å²) in [5.41, 5.74) is 2.23. The number of hydrogen-bond acceptors (Lipinski definition) is 2. The molecule has 1 N–H and O–H groups in total. The van der Waals surface area contributed by atoms with Gasteiger partial charge in [0, 0.05) is 18.1 Å². The van der Waals surface area contributed by atoms with Gasteiger partial charge in [0.2, 0.25) is 0 Å². The van der Waals surface area contributed by atoms with Crippen LogP contribution in [0.25, 0.3) is 0 Å². The molecule has 0 saturated heterocycles. The number of carboxylic acid groups (broad SMARTS) is 1. The van der Waals surface area contributed by atoms with Gasteiger partial charge >= 0.3 is 11.9 Å². The van der Waals surface area contributed by atoms with E-state index in [0.29, 0.717) is 13.0 Å². The molecule has 0 bridgehead atoms. The zero-order chi connectivity index (χ0) is 13.0. The number of carbonyl (C=O) groups is 2. The molecule has 1 rings (SSSR count). The van der Waals surface area contributed by atoms with Crippen LogP contribution in [0.5, 0.6) is 0 Å². The van der Waals surface area contributed by atoms with Gasteiger partial charge in [-0.2, -0.15) is 0 Å². The quantitative estimate of drug-likeness (QED) is 0.867. The monoisotopic (exact) mass is 299 g/mol. The molecule has 5 heteroatoms. The van der Waals surface area contributed by atoms with E-state index in [9.17, 15) is 9.59 Å². The Labute approximate surface area is 108 Å². The maximum absolute atomic E-state index is 11.1. The zero-order valence-electron chi connectivity index (χ0n) is 9.74. The molecule has 0 radical (unpaired) electrons. The van der Waals surface area contributed by atoms with Crippen molar-refractivity contribution < 1.29 is 14.7 Å². The van der Waals surface area contributed by atoms with E-state index in [1.807, 2.05) is 25.1 Å². The van der Waals surface area contributed by atoms with E-state index in [1.165, 1.54) is 11.9 Å². The Balaban J connectivity index is 2.64. The molecule has 17 heavy (non-hydrogen) atoms. The molecule has 0 aliphatic carbocycles. The van der Waals surface area contributed by atoms with Crippen molar-refractivity contribution in [1.82, 2.24) is 4.90 Å².